The summed E-state index contributed by atoms with van der Waals surface area (Å²) in [5.41, 5.74) is 2.69. The highest BCUT2D eigenvalue weighted by Gasteiger charge is 2.44. The second-order valence-electron chi connectivity index (χ2n) is 7.68. The third kappa shape index (κ3) is 3.46. The van der Waals surface area contributed by atoms with Crippen LogP contribution in [0.5, 0.6) is 11.5 Å². The topological polar surface area (TPSA) is 64.6 Å². The number of benzene rings is 3. The van der Waals surface area contributed by atoms with Gasteiger partial charge in [0.15, 0.2) is 11.5 Å². The normalized spacial score (nSPS) is 20.6. The Bertz CT molecular complexity index is 1150. The summed E-state index contributed by atoms with van der Waals surface area (Å²) in [5, 5.41) is 0. The predicted molar refractivity (Wildman–Crippen MR) is 117 cm³/mol. The van der Waals surface area contributed by atoms with Crippen molar-refractivity contribution in [2.45, 2.75) is 29.7 Å². The number of nitrogens with one attached hydrogen (secondary N) is 1. The minimum absolute atomic E-state index is 0.250. The fourth-order valence-corrected chi connectivity index (χ4v) is 5.56. The zero-order valence-corrected chi connectivity index (χ0v) is 18.1. The molecule has 0 radical (unpaired) electrons. The van der Waals surface area contributed by atoms with Gasteiger partial charge in [0.2, 0.25) is 10.0 Å². The first kappa shape index (κ1) is 20.4. The summed E-state index contributed by atoms with van der Waals surface area (Å²) >= 11 is 0. The quantitative estimate of drug-likeness (QED) is 0.637. The summed E-state index contributed by atoms with van der Waals surface area (Å²) in [4.78, 5) is 0.250. The molecule has 2 atom stereocenters. The molecule has 0 amide bonds. The fraction of sp³-hybridized carbons (Fsp3) is 0.250. The van der Waals surface area contributed by atoms with Gasteiger partial charge >= 0.3 is 0 Å². The summed E-state index contributed by atoms with van der Waals surface area (Å²) in [7, 11) is -0.488. The molecule has 0 bridgehead atoms. The van der Waals surface area contributed by atoms with Crippen molar-refractivity contribution in [3.05, 3.63) is 89.5 Å². The van der Waals surface area contributed by atoms with E-state index in [1.807, 2.05) is 30.3 Å². The molecule has 0 heterocycles. The monoisotopic (exact) mass is 423 g/mol. The first-order valence-corrected chi connectivity index (χ1v) is 11.3. The van der Waals surface area contributed by atoms with Crippen LogP contribution >= 0.6 is 0 Å². The van der Waals surface area contributed by atoms with Gasteiger partial charge in [-0.1, -0.05) is 55.5 Å². The molecule has 3 aromatic carbocycles. The van der Waals surface area contributed by atoms with E-state index in [9.17, 15) is 8.42 Å². The van der Waals surface area contributed by atoms with Gasteiger partial charge in [0.1, 0.15) is 0 Å². The molecule has 0 saturated heterocycles. The maximum absolute atomic E-state index is 13.1. The summed E-state index contributed by atoms with van der Waals surface area (Å²) < 4.78 is 40.1. The molecule has 156 valence electrons. The molecule has 0 aromatic heterocycles. The van der Waals surface area contributed by atoms with Crippen molar-refractivity contribution in [3.63, 3.8) is 0 Å². The molecular formula is C24H25NO4S. The molecule has 0 fully saturated rings. The maximum Gasteiger partial charge on any atom is 0.241 e. The van der Waals surface area contributed by atoms with E-state index in [0.29, 0.717) is 17.9 Å². The lowest BCUT2D eigenvalue weighted by molar-refractivity contribution is 0.354. The van der Waals surface area contributed by atoms with Crippen LogP contribution in [0.1, 0.15) is 36.1 Å². The number of methoxy groups -OCH3 is 2. The average Bonchev–Trinajstić information content (AvgIpc) is 3.05. The number of hydrogen-bond acceptors (Lipinski definition) is 4. The van der Waals surface area contributed by atoms with Crippen molar-refractivity contribution >= 4 is 10.0 Å². The molecule has 30 heavy (non-hydrogen) atoms. The molecule has 0 unspecified atom stereocenters. The number of ether oxygens (including phenoxy) is 2. The van der Waals surface area contributed by atoms with Crippen LogP contribution in [0, 0.1) is 0 Å². The van der Waals surface area contributed by atoms with Crippen LogP contribution in [-0.4, -0.2) is 22.6 Å². The van der Waals surface area contributed by atoms with E-state index in [1.54, 1.807) is 44.6 Å². The van der Waals surface area contributed by atoms with Crippen molar-refractivity contribution < 1.29 is 17.9 Å². The van der Waals surface area contributed by atoms with Crippen LogP contribution in [0.15, 0.2) is 77.7 Å². The third-order valence-corrected chi connectivity index (χ3v) is 7.39. The van der Waals surface area contributed by atoms with Gasteiger partial charge in [-0.2, -0.15) is 0 Å². The van der Waals surface area contributed by atoms with E-state index < -0.39 is 16.1 Å². The first-order chi connectivity index (χ1) is 14.4. The van der Waals surface area contributed by atoms with Crippen LogP contribution in [0.3, 0.4) is 0 Å². The first-order valence-electron chi connectivity index (χ1n) is 9.78. The van der Waals surface area contributed by atoms with Gasteiger partial charge in [-0.25, -0.2) is 13.1 Å². The molecule has 1 N–H and O–H groups in total. The summed E-state index contributed by atoms with van der Waals surface area (Å²) in [5.74, 6) is 1.21. The molecule has 0 aliphatic heterocycles. The molecule has 4 rings (SSSR count). The Kier molecular flexibility index (Phi) is 5.30. The SMILES string of the molecule is COc1cc2c(cc1OC)[C@](C)(c1ccccc1)C[C@@H]2NS(=O)(=O)c1ccccc1. The van der Waals surface area contributed by atoms with Crippen molar-refractivity contribution in [1.29, 1.82) is 0 Å². The number of hydrogen-bond donors (Lipinski definition) is 1. The number of sulfonamides is 1. The minimum atomic E-state index is -3.68. The highest BCUT2D eigenvalue weighted by molar-refractivity contribution is 7.89. The Morgan fingerprint density at radius 1 is 0.900 bits per heavy atom. The van der Waals surface area contributed by atoms with Crippen LogP contribution in [-0.2, 0) is 15.4 Å². The third-order valence-electron chi connectivity index (χ3n) is 5.90. The summed E-state index contributed by atoms with van der Waals surface area (Å²) in [6.45, 7) is 2.14. The van der Waals surface area contributed by atoms with Gasteiger partial charge in [-0.05, 0) is 47.4 Å². The van der Waals surface area contributed by atoms with Crippen molar-refractivity contribution in [3.8, 4) is 11.5 Å². The van der Waals surface area contributed by atoms with Gasteiger partial charge in [0, 0.05) is 11.5 Å². The fourth-order valence-electron chi connectivity index (χ4n) is 4.33. The Morgan fingerprint density at radius 3 is 2.07 bits per heavy atom. The number of fused-ring (bicyclic) bond motifs is 1. The largest absolute Gasteiger partial charge is 0.493 e. The Hall–Kier alpha value is -2.83. The van der Waals surface area contributed by atoms with Crippen LogP contribution < -0.4 is 14.2 Å². The van der Waals surface area contributed by atoms with Crippen molar-refractivity contribution in [2.24, 2.45) is 0 Å². The zero-order valence-electron chi connectivity index (χ0n) is 17.3. The van der Waals surface area contributed by atoms with E-state index in [1.165, 1.54) is 0 Å². The minimum Gasteiger partial charge on any atom is -0.493 e. The van der Waals surface area contributed by atoms with Crippen molar-refractivity contribution in [1.82, 2.24) is 4.72 Å². The molecular weight excluding hydrogens is 398 g/mol. The van der Waals surface area contributed by atoms with E-state index in [2.05, 4.69) is 23.8 Å². The Balaban J connectivity index is 1.83. The summed E-state index contributed by atoms with van der Waals surface area (Å²) in [6.07, 6.45) is 0.592. The average molecular weight is 424 g/mol. The molecule has 1 aliphatic carbocycles. The molecule has 5 nitrogen and oxygen atoms in total. The molecule has 3 aromatic rings. The lowest BCUT2D eigenvalue weighted by Gasteiger charge is -2.27. The van der Waals surface area contributed by atoms with E-state index >= 15 is 0 Å². The highest BCUT2D eigenvalue weighted by Crippen LogP contribution is 2.52. The standard InChI is InChI=1S/C24H25NO4S/c1-24(17-10-6-4-7-11-17)16-21(25-30(26,27)18-12-8-5-9-13-18)19-14-22(28-2)23(29-3)15-20(19)24/h4-15,21,25H,16H2,1-3H3/t21-,24-/m0/s1. The molecule has 6 heteroatoms. The lowest BCUT2D eigenvalue weighted by Crippen LogP contribution is -2.29. The smallest absolute Gasteiger partial charge is 0.241 e. The van der Waals surface area contributed by atoms with E-state index in [4.69, 9.17) is 9.47 Å². The van der Waals surface area contributed by atoms with Crippen LogP contribution in [0.2, 0.25) is 0 Å². The van der Waals surface area contributed by atoms with E-state index in [0.717, 1.165) is 16.7 Å². The Morgan fingerprint density at radius 2 is 1.47 bits per heavy atom. The van der Waals surface area contributed by atoms with Gasteiger partial charge in [0.05, 0.1) is 19.1 Å². The molecule has 1 aliphatic rings. The van der Waals surface area contributed by atoms with Gasteiger partial charge < -0.3 is 9.47 Å². The molecule has 0 saturated carbocycles. The number of rotatable bonds is 6. The highest BCUT2D eigenvalue weighted by atomic mass is 32.2. The maximum atomic E-state index is 13.1. The Labute approximate surface area is 177 Å². The second kappa shape index (κ2) is 7.78. The van der Waals surface area contributed by atoms with Gasteiger partial charge in [-0.3, -0.25) is 0 Å². The predicted octanol–water partition coefficient (Wildman–Crippen LogP) is 4.43. The van der Waals surface area contributed by atoms with Crippen molar-refractivity contribution in [2.75, 3.05) is 14.2 Å². The zero-order chi connectivity index (χ0) is 21.4. The van der Waals surface area contributed by atoms with Crippen LogP contribution in [0.25, 0.3) is 0 Å². The molecule has 0 spiro atoms. The lowest BCUT2D eigenvalue weighted by atomic mass is 9.77. The van der Waals surface area contributed by atoms with Crippen LogP contribution in [0.4, 0.5) is 0 Å². The van der Waals surface area contributed by atoms with E-state index in [-0.39, 0.29) is 10.3 Å². The summed E-state index contributed by atoms with van der Waals surface area (Å²) in [6, 6.07) is 22.0. The van der Waals surface area contributed by atoms with Gasteiger partial charge in [-0.15, -0.1) is 0 Å². The second-order valence-corrected chi connectivity index (χ2v) is 9.40. The van der Waals surface area contributed by atoms with Gasteiger partial charge in [0.25, 0.3) is 0 Å².